The number of fused-ring (bicyclic) bond motifs is 2. The van der Waals surface area contributed by atoms with Crippen LogP contribution in [0.3, 0.4) is 0 Å². The predicted molar refractivity (Wildman–Crippen MR) is 105 cm³/mol. The molecule has 1 saturated carbocycles. The molecule has 2 aliphatic heterocycles. The Balaban J connectivity index is 1.72. The number of hydrogen-bond donors (Lipinski definition) is 1. The number of carbonyl (C=O) groups excluding carboxylic acids is 1. The van der Waals surface area contributed by atoms with Crippen LogP contribution in [0.5, 0.6) is 5.75 Å². The molecule has 3 heterocycles. The number of aromatic nitrogens is 1. The number of nitrogens with one attached hydrogen (secondary N) is 1. The van der Waals surface area contributed by atoms with Crippen LogP contribution in [0.15, 0.2) is 17.1 Å². The van der Waals surface area contributed by atoms with Gasteiger partial charge in [0.05, 0.1) is 23.6 Å². The summed E-state index contributed by atoms with van der Waals surface area (Å²) in [6.45, 7) is 2.50. The lowest BCUT2D eigenvalue weighted by Crippen LogP contribution is -2.40. The fraction of sp³-hybridized carbons (Fsp3) is 0.524. The van der Waals surface area contributed by atoms with Crippen LogP contribution in [0, 0.1) is 11.7 Å². The normalized spacial score (nSPS) is 24.4. The van der Waals surface area contributed by atoms with Gasteiger partial charge in [0.2, 0.25) is 0 Å². The number of pyridine rings is 1. The van der Waals surface area contributed by atoms with Crippen molar-refractivity contribution >= 4 is 22.9 Å². The molecule has 1 aliphatic carbocycles. The van der Waals surface area contributed by atoms with Crippen LogP contribution in [-0.2, 0) is 0 Å². The summed E-state index contributed by atoms with van der Waals surface area (Å²) >= 11 is 0. The first-order valence-electron chi connectivity index (χ1n) is 10.0. The van der Waals surface area contributed by atoms with E-state index < -0.39 is 11.2 Å². The van der Waals surface area contributed by atoms with Crippen molar-refractivity contribution in [3.8, 4) is 5.75 Å². The van der Waals surface area contributed by atoms with Crippen molar-refractivity contribution in [1.29, 1.82) is 0 Å². The first-order chi connectivity index (χ1) is 13.6. The van der Waals surface area contributed by atoms with Gasteiger partial charge < -0.3 is 19.5 Å². The van der Waals surface area contributed by atoms with Crippen LogP contribution in [-0.4, -0.2) is 43.6 Å². The third kappa shape index (κ3) is 2.64. The summed E-state index contributed by atoms with van der Waals surface area (Å²) in [5.74, 6) is 0.428. The van der Waals surface area contributed by atoms with Crippen molar-refractivity contribution in [3.63, 3.8) is 0 Å². The van der Waals surface area contributed by atoms with Gasteiger partial charge in [-0.2, -0.15) is 0 Å². The van der Waals surface area contributed by atoms with Crippen LogP contribution in [0.2, 0.25) is 0 Å². The molecule has 0 unspecified atom stereocenters. The molecule has 3 fully saturated rings. The van der Waals surface area contributed by atoms with E-state index in [-0.39, 0.29) is 17.0 Å². The van der Waals surface area contributed by atoms with E-state index in [0.717, 1.165) is 45.3 Å². The largest absolute Gasteiger partial charge is 0.492 e. The van der Waals surface area contributed by atoms with E-state index in [1.165, 1.54) is 13.2 Å². The number of anilines is 1. The highest BCUT2D eigenvalue weighted by molar-refractivity contribution is 5.94. The lowest BCUT2D eigenvalue weighted by Gasteiger charge is -2.25. The lowest BCUT2D eigenvalue weighted by atomic mass is 9.94. The van der Waals surface area contributed by atoms with Gasteiger partial charge in [0, 0.05) is 31.4 Å². The molecule has 0 bridgehead atoms. The molecule has 1 N–H and O–H groups in total. The van der Waals surface area contributed by atoms with E-state index >= 15 is 4.39 Å². The van der Waals surface area contributed by atoms with E-state index in [4.69, 9.17) is 4.74 Å². The number of hydrogen-bond acceptors (Lipinski definition) is 5. The van der Waals surface area contributed by atoms with Gasteiger partial charge in [-0.3, -0.25) is 9.59 Å². The number of halogens is 1. The fourth-order valence-electron chi connectivity index (χ4n) is 4.91. The van der Waals surface area contributed by atoms with Crippen molar-refractivity contribution in [2.45, 2.75) is 37.8 Å². The quantitative estimate of drug-likeness (QED) is 0.820. The Morgan fingerprint density at radius 1 is 1.29 bits per heavy atom. The van der Waals surface area contributed by atoms with Gasteiger partial charge >= 0.3 is 0 Å². The second-order valence-corrected chi connectivity index (χ2v) is 8.17. The Morgan fingerprint density at radius 2 is 2.11 bits per heavy atom. The predicted octanol–water partition coefficient (Wildman–Crippen LogP) is 2.48. The summed E-state index contributed by atoms with van der Waals surface area (Å²) in [7, 11) is 1.52. The number of piperidine rings is 1. The molecule has 2 aromatic rings. The van der Waals surface area contributed by atoms with E-state index in [2.05, 4.69) is 10.2 Å². The van der Waals surface area contributed by atoms with Gasteiger partial charge in [-0.05, 0) is 44.2 Å². The lowest BCUT2D eigenvalue weighted by molar-refractivity contribution is 0.112. The third-order valence-electron chi connectivity index (χ3n) is 6.41. The smallest absolute Gasteiger partial charge is 0.200 e. The molecule has 0 radical (unpaired) electrons. The van der Waals surface area contributed by atoms with Gasteiger partial charge in [-0.15, -0.1) is 0 Å². The second kappa shape index (κ2) is 6.58. The van der Waals surface area contributed by atoms with Gasteiger partial charge in [0.15, 0.2) is 23.3 Å². The van der Waals surface area contributed by atoms with Gasteiger partial charge in [0.1, 0.15) is 5.69 Å². The molecular formula is C21H24FN3O3. The first kappa shape index (κ1) is 17.7. The van der Waals surface area contributed by atoms with Crippen molar-refractivity contribution in [2.24, 2.45) is 5.92 Å². The van der Waals surface area contributed by atoms with E-state index in [0.29, 0.717) is 35.2 Å². The van der Waals surface area contributed by atoms with E-state index in [1.54, 1.807) is 6.20 Å². The highest BCUT2D eigenvalue weighted by Gasteiger charge is 2.38. The molecule has 1 aromatic carbocycles. The molecule has 148 valence electrons. The zero-order valence-corrected chi connectivity index (χ0v) is 15.9. The molecule has 7 heteroatoms. The standard InChI is InChI=1S/C21H24FN3O3/c1-28-21-18-15(20(27)13(11-26)9-25(18)14-4-5-14)7-16(22)19(21)24-8-12-3-2-6-23-17(12)10-24/h7,9,11-12,14,17,23H,2-6,8,10H2,1H3/t12-,17+/m1/s1. The molecule has 6 nitrogen and oxygen atoms in total. The minimum absolute atomic E-state index is 0.0602. The van der Waals surface area contributed by atoms with Crippen LogP contribution in [0.25, 0.3) is 10.9 Å². The van der Waals surface area contributed by atoms with E-state index in [1.807, 2.05) is 4.57 Å². The topological polar surface area (TPSA) is 63.6 Å². The molecular weight excluding hydrogens is 361 g/mol. The summed E-state index contributed by atoms with van der Waals surface area (Å²) in [5, 5.41) is 3.75. The molecule has 0 spiro atoms. The summed E-state index contributed by atoms with van der Waals surface area (Å²) < 4.78 is 22.9. The Bertz CT molecular complexity index is 1000. The van der Waals surface area contributed by atoms with Gasteiger partial charge in [0.25, 0.3) is 0 Å². The van der Waals surface area contributed by atoms with Gasteiger partial charge in [-0.25, -0.2) is 4.39 Å². The highest BCUT2D eigenvalue weighted by atomic mass is 19.1. The minimum atomic E-state index is -0.467. The average Bonchev–Trinajstić information content (AvgIpc) is 3.46. The zero-order valence-electron chi connectivity index (χ0n) is 15.9. The number of methoxy groups -OCH3 is 1. The second-order valence-electron chi connectivity index (χ2n) is 8.17. The number of rotatable bonds is 4. The third-order valence-corrected chi connectivity index (χ3v) is 6.41. The molecule has 1 aromatic heterocycles. The fourth-order valence-corrected chi connectivity index (χ4v) is 4.91. The molecule has 28 heavy (non-hydrogen) atoms. The molecule has 0 amide bonds. The van der Waals surface area contributed by atoms with E-state index in [9.17, 15) is 9.59 Å². The zero-order chi connectivity index (χ0) is 19.4. The van der Waals surface area contributed by atoms with Crippen LogP contribution in [0.4, 0.5) is 10.1 Å². The first-order valence-corrected chi connectivity index (χ1v) is 10.0. The Kier molecular flexibility index (Phi) is 4.16. The minimum Gasteiger partial charge on any atom is -0.492 e. The van der Waals surface area contributed by atoms with Crippen molar-refractivity contribution in [1.82, 2.24) is 9.88 Å². The Hall–Kier alpha value is -2.41. The maximum absolute atomic E-state index is 15.3. The SMILES string of the molecule is COc1c(N2C[C@H]3CCCN[C@H]3C2)c(F)cc2c(=O)c(C=O)cn(C3CC3)c12. The number of benzene rings is 1. The number of carbonyl (C=O) groups is 1. The molecule has 3 aliphatic rings. The highest BCUT2D eigenvalue weighted by Crippen LogP contribution is 2.44. The van der Waals surface area contributed by atoms with Crippen molar-refractivity contribution in [3.05, 3.63) is 33.9 Å². The Labute approximate surface area is 162 Å². The van der Waals surface area contributed by atoms with Crippen LogP contribution >= 0.6 is 0 Å². The maximum Gasteiger partial charge on any atom is 0.200 e. The van der Waals surface area contributed by atoms with Gasteiger partial charge in [-0.1, -0.05) is 0 Å². The van der Waals surface area contributed by atoms with Crippen LogP contribution in [0.1, 0.15) is 42.1 Å². The summed E-state index contributed by atoms with van der Waals surface area (Å²) in [6.07, 6.45) is 6.39. The number of nitrogens with zero attached hydrogens (tertiary/aromatic N) is 2. The molecule has 2 atom stereocenters. The summed E-state index contributed by atoms with van der Waals surface area (Å²) in [4.78, 5) is 26.1. The maximum atomic E-state index is 15.3. The van der Waals surface area contributed by atoms with Crippen molar-refractivity contribution < 1.29 is 13.9 Å². The number of ether oxygens (including phenoxy) is 1. The monoisotopic (exact) mass is 385 g/mol. The molecule has 5 rings (SSSR count). The van der Waals surface area contributed by atoms with Crippen molar-refractivity contribution in [2.75, 3.05) is 31.6 Å². The molecule has 2 saturated heterocycles. The summed E-state index contributed by atoms with van der Waals surface area (Å²) in [5.41, 5.74) is 0.645. The van der Waals surface area contributed by atoms with Crippen LogP contribution < -0.4 is 20.4 Å². The average molecular weight is 385 g/mol. The Morgan fingerprint density at radius 3 is 2.79 bits per heavy atom. The number of aldehydes is 1. The summed E-state index contributed by atoms with van der Waals surface area (Å²) in [6, 6.07) is 1.87.